The quantitative estimate of drug-likeness (QED) is 0.828. The number of rotatable bonds is 3. The van der Waals surface area contributed by atoms with Crippen molar-refractivity contribution in [2.24, 2.45) is 0 Å². The Labute approximate surface area is 120 Å². The SMILES string of the molecule is CC(O)(Cc1ccc(I)cc1)c1cccc(F)c1. The lowest BCUT2D eigenvalue weighted by Gasteiger charge is -2.24. The van der Waals surface area contributed by atoms with Crippen molar-refractivity contribution in [3.63, 3.8) is 0 Å². The number of aliphatic hydroxyl groups is 1. The standard InChI is InChI=1S/C15H14FIO/c1-15(18,12-3-2-4-13(16)9-12)10-11-5-7-14(17)8-6-11/h2-9,18H,10H2,1H3. The van der Waals surface area contributed by atoms with Gasteiger partial charge in [0.2, 0.25) is 0 Å². The fraction of sp³-hybridized carbons (Fsp3) is 0.200. The molecule has 18 heavy (non-hydrogen) atoms. The van der Waals surface area contributed by atoms with Gasteiger partial charge in [0.1, 0.15) is 5.82 Å². The van der Waals surface area contributed by atoms with Crippen LogP contribution in [0.1, 0.15) is 18.1 Å². The summed E-state index contributed by atoms with van der Waals surface area (Å²) in [5.74, 6) is -0.324. The van der Waals surface area contributed by atoms with Crippen LogP contribution in [0.4, 0.5) is 4.39 Å². The first-order valence-corrected chi connectivity index (χ1v) is 6.78. The third kappa shape index (κ3) is 3.29. The average Bonchev–Trinajstić information content (AvgIpc) is 2.32. The molecule has 2 rings (SSSR count). The van der Waals surface area contributed by atoms with Crippen LogP contribution in [0, 0.1) is 9.39 Å². The molecule has 0 radical (unpaired) electrons. The van der Waals surface area contributed by atoms with Crippen LogP contribution >= 0.6 is 22.6 Å². The zero-order valence-electron chi connectivity index (χ0n) is 10.0. The first kappa shape index (κ1) is 13.5. The van der Waals surface area contributed by atoms with E-state index in [1.165, 1.54) is 12.1 Å². The summed E-state index contributed by atoms with van der Waals surface area (Å²) in [5, 5.41) is 10.5. The molecule has 0 aromatic heterocycles. The van der Waals surface area contributed by atoms with Crippen molar-refractivity contribution < 1.29 is 9.50 Å². The van der Waals surface area contributed by atoms with E-state index in [9.17, 15) is 9.50 Å². The Morgan fingerprint density at radius 3 is 2.44 bits per heavy atom. The van der Waals surface area contributed by atoms with Crippen LogP contribution in [-0.4, -0.2) is 5.11 Å². The summed E-state index contributed by atoms with van der Waals surface area (Å²) in [6.07, 6.45) is 0.466. The molecule has 0 saturated carbocycles. The van der Waals surface area contributed by atoms with E-state index in [1.54, 1.807) is 19.1 Å². The molecule has 0 fully saturated rings. The third-order valence-corrected chi connectivity index (χ3v) is 3.63. The topological polar surface area (TPSA) is 20.2 Å². The van der Waals surface area contributed by atoms with Crippen molar-refractivity contribution in [2.45, 2.75) is 18.9 Å². The lowest BCUT2D eigenvalue weighted by atomic mass is 9.89. The van der Waals surface area contributed by atoms with Crippen molar-refractivity contribution in [1.82, 2.24) is 0 Å². The van der Waals surface area contributed by atoms with Crippen molar-refractivity contribution in [3.8, 4) is 0 Å². The van der Waals surface area contributed by atoms with Gasteiger partial charge in [-0.15, -0.1) is 0 Å². The minimum atomic E-state index is -1.06. The van der Waals surface area contributed by atoms with Gasteiger partial charge in [0.15, 0.2) is 0 Å². The van der Waals surface area contributed by atoms with E-state index < -0.39 is 5.60 Å². The van der Waals surface area contributed by atoms with Gasteiger partial charge in [-0.3, -0.25) is 0 Å². The Morgan fingerprint density at radius 2 is 1.83 bits per heavy atom. The molecule has 0 bridgehead atoms. The molecule has 0 heterocycles. The van der Waals surface area contributed by atoms with E-state index in [1.807, 2.05) is 24.3 Å². The predicted molar refractivity (Wildman–Crippen MR) is 78.8 cm³/mol. The van der Waals surface area contributed by atoms with Gasteiger partial charge in [-0.05, 0) is 64.9 Å². The van der Waals surface area contributed by atoms with Crippen LogP contribution in [0.3, 0.4) is 0 Å². The van der Waals surface area contributed by atoms with Crippen molar-refractivity contribution >= 4 is 22.6 Å². The summed E-state index contributed by atoms with van der Waals surface area (Å²) >= 11 is 2.24. The summed E-state index contributed by atoms with van der Waals surface area (Å²) in [4.78, 5) is 0. The summed E-state index contributed by atoms with van der Waals surface area (Å²) in [5.41, 5.74) is 0.570. The Balaban J connectivity index is 2.23. The minimum absolute atomic E-state index is 0.324. The summed E-state index contributed by atoms with van der Waals surface area (Å²) in [7, 11) is 0. The third-order valence-electron chi connectivity index (χ3n) is 2.91. The van der Waals surface area contributed by atoms with Crippen LogP contribution in [0.2, 0.25) is 0 Å². The molecule has 0 aliphatic carbocycles. The molecule has 3 heteroatoms. The first-order valence-electron chi connectivity index (χ1n) is 5.70. The zero-order chi connectivity index (χ0) is 13.2. The molecule has 1 atom stereocenters. The molecule has 0 aliphatic rings. The number of benzene rings is 2. The van der Waals surface area contributed by atoms with Crippen LogP contribution in [0.15, 0.2) is 48.5 Å². The first-order chi connectivity index (χ1) is 8.47. The Morgan fingerprint density at radius 1 is 1.17 bits per heavy atom. The summed E-state index contributed by atoms with van der Waals surface area (Å²) in [6, 6.07) is 14.1. The van der Waals surface area contributed by atoms with Crippen LogP contribution in [-0.2, 0) is 12.0 Å². The van der Waals surface area contributed by atoms with Gasteiger partial charge < -0.3 is 5.11 Å². The maximum Gasteiger partial charge on any atom is 0.123 e. The van der Waals surface area contributed by atoms with Crippen molar-refractivity contribution in [2.75, 3.05) is 0 Å². The maximum absolute atomic E-state index is 13.2. The Kier molecular flexibility index (Phi) is 4.02. The van der Waals surface area contributed by atoms with E-state index in [4.69, 9.17) is 0 Å². The molecule has 1 nitrogen and oxygen atoms in total. The van der Waals surface area contributed by atoms with E-state index in [0.717, 1.165) is 9.13 Å². The van der Waals surface area contributed by atoms with E-state index >= 15 is 0 Å². The summed E-state index contributed by atoms with van der Waals surface area (Å²) in [6.45, 7) is 1.71. The smallest absolute Gasteiger partial charge is 0.123 e. The summed E-state index contributed by atoms with van der Waals surface area (Å²) < 4.78 is 14.3. The molecule has 0 spiro atoms. The second-order valence-corrected chi connectivity index (χ2v) is 5.83. The molecule has 94 valence electrons. The fourth-order valence-corrected chi connectivity index (χ4v) is 2.28. The number of hydrogen-bond donors (Lipinski definition) is 1. The van der Waals surface area contributed by atoms with Crippen LogP contribution < -0.4 is 0 Å². The molecular formula is C15H14FIO. The van der Waals surface area contributed by atoms with Gasteiger partial charge in [-0.1, -0.05) is 24.3 Å². The molecule has 0 saturated heterocycles. The zero-order valence-corrected chi connectivity index (χ0v) is 12.2. The molecule has 2 aromatic carbocycles. The van der Waals surface area contributed by atoms with Crippen molar-refractivity contribution in [3.05, 3.63) is 69.0 Å². The number of hydrogen-bond acceptors (Lipinski definition) is 1. The van der Waals surface area contributed by atoms with Gasteiger partial charge in [0.05, 0.1) is 5.60 Å². The second-order valence-electron chi connectivity index (χ2n) is 4.59. The van der Waals surface area contributed by atoms with Gasteiger partial charge in [-0.2, -0.15) is 0 Å². The predicted octanol–water partition coefficient (Wildman–Crippen LogP) is 3.88. The lowest BCUT2D eigenvalue weighted by molar-refractivity contribution is 0.0573. The van der Waals surface area contributed by atoms with Gasteiger partial charge in [-0.25, -0.2) is 4.39 Å². The highest BCUT2D eigenvalue weighted by Crippen LogP contribution is 2.26. The van der Waals surface area contributed by atoms with Crippen molar-refractivity contribution in [1.29, 1.82) is 0 Å². The molecule has 1 unspecified atom stereocenters. The van der Waals surface area contributed by atoms with E-state index in [-0.39, 0.29) is 5.82 Å². The van der Waals surface area contributed by atoms with Gasteiger partial charge >= 0.3 is 0 Å². The molecule has 0 amide bonds. The molecule has 2 aromatic rings. The minimum Gasteiger partial charge on any atom is -0.385 e. The highest BCUT2D eigenvalue weighted by molar-refractivity contribution is 14.1. The largest absolute Gasteiger partial charge is 0.385 e. The maximum atomic E-state index is 13.2. The monoisotopic (exact) mass is 356 g/mol. The fourth-order valence-electron chi connectivity index (χ4n) is 1.93. The van der Waals surface area contributed by atoms with E-state index in [0.29, 0.717) is 12.0 Å². The molecular weight excluding hydrogens is 342 g/mol. The average molecular weight is 356 g/mol. The lowest BCUT2D eigenvalue weighted by Crippen LogP contribution is -2.24. The normalized spacial score (nSPS) is 14.2. The molecule has 1 N–H and O–H groups in total. The second kappa shape index (κ2) is 5.36. The van der Waals surface area contributed by atoms with Crippen LogP contribution in [0.25, 0.3) is 0 Å². The van der Waals surface area contributed by atoms with Gasteiger partial charge in [0, 0.05) is 9.99 Å². The van der Waals surface area contributed by atoms with E-state index in [2.05, 4.69) is 22.6 Å². The highest BCUT2D eigenvalue weighted by Gasteiger charge is 2.23. The highest BCUT2D eigenvalue weighted by atomic mass is 127. The van der Waals surface area contributed by atoms with Crippen LogP contribution in [0.5, 0.6) is 0 Å². The Bertz CT molecular complexity index is 534. The Hall–Kier alpha value is -0.940. The van der Waals surface area contributed by atoms with Gasteiger partial charge in [0.25, 0.3) is 0 Å². The number of halogens is 2. The molecule has 0 aliphatic heterocycles.